The van der Waals surface area contributed by atoms with Gasteiger partial charge in [-0.3, -0.25) is 4.79 Å². The molecule has 5 nitrogen and oxygen atoms in total. The predicted octanol–water partition coefficient (Wildman–Crippen LogP) is 5.45. The van der Waals surface area contributed by atoms with E-state index in [2.05, 4.69) is 52.1 Å². The number of aromatic nitrogens is 3. The largest absolute Gasteiger partial charge is 0.325 e. The first-order valence-electron chi connectivity index (χ1n) is 10.6. The number of hydrogen-bond acceptors (Lipinski definition) is 4. The van der Waals surface area contributed by atoms with Crippen LogP contribution < -0.4 is 5.32 Å². The number of amides is 1. The van der Waals surface area contributed by atoms with Crippen molar-refractivity contribution in [2.24, 2.45) is 0 Å². The Kier molecular flexibility index (Phi) is 6.23. The maximum Gasteiger partial charge on any atom is 0.237 e. The number of nitrogens with one attached hydrogen (secondary N) is 1. The molecule has 1 atom stereocenters. The van der Waals surface area contributed by atoms with Crippen molar-refractivity contribution in [1.82, 2.24) is 14.8 Å². The van der Waals surface area contributed by atoms with E-state index in [1.54, 1.807) is 0 Å². The molecule has 1 aliphatic rings. The molecule has 1 amide bonds. The zero-order chi connectivity index (χ0) is 21.1. The number of thioether (sulfide) groups is 1. The number of anilines is 1. The van der Waals surface area contributed by atoms with Gasteiger partial charge in [-0.1, -0.05) is 74.1 Å². The first-order valence-corrected chi connectivity index (χ1v) is 11.4. The van der Waals surface area contributed by atoms with E-state index in [0.29, 0.717) is 11.8 Å². The number of carbonyl (C=O) groups excluding carboxylic acids is 1. The molecule has 0 spiro atoms. The summed E-state index contributed by atoms with van der Waals surface area (Å²) in [5.41, 5.74) is 3.24. The van der Waals surface area contributed by atoms with Crippen molar-refractivity contribution in [3.05, 3.63) is 71.5 Å². The van der Waals surface area contributed by atoms with Gasteiger partial charge in [0.2, 0.25) is 5.91 Å². The van der Waals surface area contributed by atoms with Crippen LogP contribution in [0, 0.1) is 0 Å². The van der Waals surface area contributed by atoms with Gasteiger partial charge in [0.05, 0.1) is 11.8 Å². The summed E-state index contributed by atoms with van der Waals surface area (Å²) in [6.07, 6.45) is 2.33. The highest BCUT2D eigenvalue weighted by atomic mass is 32.2. The molecule has 0 unspecified atom stereocenters. The van der Waals surface area contributed by atoms with Crippen LogP contribution in [-0.4, -0.2) is 25.9 Å². The van der Waals surface area contributed by atoms with E-state index in [9.17, 15) is 4.79 Å². The summed E-state index contributed by atoms with van der Waals surface area (Å²) >= 11 is 1.47. The van der Waals surface area contributed by atoms with Gasteiger partial charge >= 0.3 is 0 Å². The van der Waals surface area contributed by atoms with Crippen molar-refractivity contribution in [2.45, 2.75) is 62.4 Å². The summed E-state index contributed by atoms with van der Waals surface area (Å²) < 4.78 is 2.18. The Morgan fingerprint density at radius 2 is 1.77 bits per heavy atom. The van der Waals surface area contributed by atoms with Gasteiger partial charge in [0.15, 0.2) is 5.16 Å². The summed E-state index contributed by atoms with van der Waals surface area (Å²) in [4.78, 5) is 12.9. The summed E-state index contributed by atoms with van der Waals surface area (Å²) in [6, 6.07) is 18.3. The zero-order valence-corrected chi connectivity index (χ0v) is 18.5. The molecule has 1 aromatic heterocycles. The second kappa shape index (κ2) is 9.04. The first-order chi connectivity index (χ1) is 14.5. The highest BCUT2D eigenvalue weighted by Gasteiger charge is 2.31. The number of nitrogens with zero attached hydrogens (tertiary/aromatic N) is 3. The fourth-order valence-corrected chi connectivity index (χ4v) is 4.36. The minimum absolute atomic E-state index is 0.0182. The van der Waals surface area contributed by atoms with Gasteiger partial charge in [-0.15, -0.1) is 10.2 Å². The van der Waals surface area contributed by atoms with Crippen LogP contribution in [0.1, 0.15) is 62.4 Å². The zero-order valence-electron chi connectivity index (χ0n) is 17.7. The number of benzene rings is 2. The van der Waals surface area contributed by atoms with E-state index >= 15 is 0 Å². The van der Waals surface area contributed by atoms with E-state index in [1.807, 2.05) is 43.3 Å². The van der Waals surface area contributed by atoms with Crippen LogP contribution in [-0.2, 0) is 11.3 Å². The molecule has 1 saturated carbocycles. The molecule has 1 N–H and O–H groups in total. The maximum absolute atomic E-state index is 12.9. The van der Waals surface area contributed by atoms with Crippen LogP contribution in [0.3, 0.4) is 0 Å². The molecular formula is C24H28N4OS. The Morgan fingerprint density at radius 3 is 2.47 bits per heavy atom. The van der Waals surface area contributed by atoms with Crippen LogP contribution in [0.25, 0.3) is 0 Å². The molecule has 2 aromatic carbocycles. The lowest BCUT2D eigenvalue weighted by Crippen LogP contribution is -2.23. The Hall–Kier alpha value is -2.60. The molecule has 1 fully saturated rings. The van der Waals surface area contributed by atoms with E-state index in [0.717, 1.165) is 28.8 Å². The van der Waals surface area contributed by atoms with Gasteiger partial charge in [-0.05, 0) is 42.9 Å². The number of hydrogen-bond donors (Lipinski definition) is 1. The third-order valence-corrected chi connectivity index (χ3v) is 6.44. The molecule has 0 radical (unpaired) electrons. The smallest absolute Gasteiger partial charge is 0.237 e. The monoisotopic (exact) mass is 420 g/mol. The molecule has 30 heavy (non-hydrogen) atoms. The average molecular weight is 421 g/mol. The molecule has 1 heterocycles. The van der Waals surface area contributed by atoms with Crippen molar-refractivity contribution in [3.8, 4) is 0 Å². The molecule has 6 heteroatoms. The molecule has 3 aromatic rings. The number of para-hydroxylation sites is 1. The van der Waals surface area contributed by atoms with Crippen molar-refractivity contribution >= 4 is 23.4 Å². The van der Waals surface area contributed by atoms with E-state index in [1.165, 1.54) is 30.2 Å². The minimum atomic E-state index is -0.281. The van der Waals surface area contributed by atoms with Crippen LogP contribution in [0.15, 0.2) is 59.8 Å². The first kappa shape index (κ1) is 20.7. The maximum atomic E-state index is 12.9. The van der Waals surface area contributed by atoms with Crippen molar-refractivity contribution in [1.29, 1.82) is 0 Å². The van der Waals surface area contributed by atoms with Gasteiger partial charge in [0, 0.05) is 11.6 Å². The van der Waals surface area contributed by atoms with Gasteiger partial charge < -0.3 is 9.88 Å². The van der Waals surface area contributed by atoms with Gasteiger partial charge in [0.25, 0.3) is 0 Å². The third kappa shape index (κ3) is 4.75. The topological polar surface area (TPSA) is 59.8 Å². The summed E-state index contributed by atoms with van der Waals surface area (Å²) in [6.45, 7) is 6.92. The standard InChI is InChI=1S/C24H28N4OS/c1-16(2)20-11-7-8-12-21(20)25-23(29)17(3)30-24-27-26-22(19-13-14-19)28(24)15-18-9-5-4-6-10-18/h4-12,16-17,19H,13-15H2,1-3H3,(H,25,29)/t17-/m0/s1. The third-order valence-electron chi connectivity index (χ3n) is 5.36. The van der Waals surface area contributed by atoms with Crippen molar-refractivity contribution < 1.29 is 4.79 Å². The Morgan fingerprint density at radius 1 is 1.07 bits per heavy atom. The second-order valence-corrected chi connectivity index (χ2v) is 9.49. The van der Waals surface area contributed by atoms with Crippen LogP contribution in [0.2, 0.25) is 0 Å². The van der Waals surface area contributed by atoms with Gasteiger partial charge in [-0.2, -0.15) is 0 Å². The second-order valence-electron chi connectivity index (χ2n) is 8.18. The van der Waals surface area contributed by atoms with Crippen LogP contribution in [0.5, 0.6) is 0 Å². The fraction of sp³-hybridized carbons (Fsp3) is 0.375. The lowest BCUT2D eigenvalue weighted by Gasteiger charge is -2.17. The highest BCUT2D eigenvalue weighted by Crippen LogP contribution is 2.40. The summed E-state index contributed by atoms with van der Waals surface area (Å²) in [7, 11) is 0. The molecule has 0 bridgehead atoms. The SMILES string of the molecule is CC(C)c1ccccc1NC(=O)[C@H](C)Sc1nnc(C2CC2)n1Cc1ccccc1. The van der Waals surface area contributed by atoms with Crippen LogP contribution in [0.4, 0.5) is 5.69 Å². The predicted molar refractivity (Wildman–Crippen MR) is 122 cm³/mol. The highest BCUT2D eigenvalue weighted by molar-refractivity contribution is 8.00. The molecule has 1 aliphatic carbocycles. The van der Waals surface area contributed by atoms with Crippen molar-refractivity contribution in [2.75, 3.05) is 5.32 Å². The lowest BCUT2D eigenvalue weighted by molar-refractivity contribution is -0.115. The molecule has 156 valence electrons. The van der Waals surface area contributed by atoms with E-state index in [-0.39, 0.29) is 11.2 Å². The molecule has 4 rings (SSSR count). The fourth-order valence-electron chi connectivity index (χ4n) is 3.51. The average Bonchev–Trinajstić information content (AvgIpc) is 3.52. The van der Waals surface area contributed by atoms with Crippen molar-refractivity contribution in [3.63, 3.8) is 0 Å². The number of rotatable bonds is 8. The molecular weight excluding hydrogens is 392 g/mol. The number of carbonyl (C=O) groups is 1. The normalized spacial score (nSPS) is 14.7. The summed E-state index contributed by atoms with van der Waals surface area (Å²) in [5, 5.41) is 12.5. The van der Waals surface area contributed by atoms with E-state index < -0.39 is 0 Å². The molecule has 0 aliphatic heterocycles. The summed E-state index contributed by atoms with van der Waals surface area (Å²) in [5.74, 6) is 1.87. The quantitative estimate of drug-likeness (QED) is 0.493. The van der Waals surface area contributed by atoms with E-state index in [4.69, 9.17) is 0 Å². The van der Waals surface area contributed by atoms with Crippen LogP contribution >= 0.6 is 11.8 Å². The van der Waals surface area contributed by atoms with Gasteiger partial charge in [0.1, 0.15) is 5.82 Å². The minimum Gasteiger partial charge on any atom is -0.325 e. The Bertz CT molecular complexity index is 1010. The Labute approximate surface area is 182 Å². The Balaban J connectivity index is 1.50. The lowest BCUT2D eigenvalue weighted by atomic mass is 10.0. The molecule has 0 saturated heterocycles. The van der Waals surface area contributed by atoms with Gasteiger partial charge in [-0.25, -0.2) is 0 Å².